The van der Waals surface area contributed by atoms with Crippen LogP contribution in [0, 0.1) is 11.6 Å². The first-order valence-electron chi connectivity index (χ1n) is 5.44. The van der Waals surface area contributed by atoms with Gasteiger partial charge in [-0.2, -0.15) is 4.39 Å². The summed E-state index contributed by atoms with van der Waals surface area (Å²) >= 11 is 2.99. The van der Waals surface area contributed by atoms with Gasteiger partial charge in [0.2, 0.25) is 15.8 Å². The van der Waals surface area contributed by atoms with Gasteiger partial charge in [-0.1, -0.05) is 22.0 Å². The van der Waals surface area contributed by atoms with Crippen molar-refractivity contribution in [1.82, 2.24) is 0 Å². The third-order valence-electron chi connectivity index (χ3n) is 2.51. The Morgan fingerprint density at radius 2 is 1.81 bits per heavy atom. The van der Waals surface area contributed by atoms with Crippen LogP contribution in [0.15, 0.2) is 39.7 Å². The molecule has 0 unspecified atom stereocenters. The average molecular weight is 379 g/mol. The van der Waals surface area contributed by atoms with Gasteiger partial charge in [0, 0.05) is 4.47 Å². The fourth-order valence-corrected chi connectivity index (χ4v) is 2.67. The van der Waals surface area contributed by atoms with Crippen LogP contribution in [0.25, 0.3) is 0 Å². The Morgan fingerprint density at radius 3 is 2.43 bits per heavy atom. The molecule has 112 valence electrons. The van der Waals surface area contributed by atoms with Crippen LogP contribution in [0.3, 0.4) is 0 Å². The highest BCUT2D eigenvalue weighted by Crippen LogP contribution is 2.34. The number of sulfonamides is 1. The lowest BCUT2D eigenvalue weighted by Gasteiger charge is -2.12. The molecule has 0 atom stereocenters. The smallest absolute Gasteiger partial charge is 0.240 e. The standard InChI is InChI=1S/C12H9BrF2N2O3S/c13-6-4-7(14)11(15)9(5-6)20-8-2-1-3-10(12(8)16)21(17,18)19/h1-5H,16H2,(H2,17,18,19). The van der Waals surface area contributed by atoms with Crippen LogP contribution in [-0.4, -0.2) is 8.42 Å². The number of para-hydroxylation sites is 1. The lowest BCUT2D eigenvalue weighted by molar-refractivity contribution is 0.416. The summed E-state index contributed by atoms with van der Waals surface area (Å²) in [6.45, 7) is 0. The fraction of sp³-hybridized carbons (Fsp3) is 0. The van der Waals surface area contributed by atoms with Crippen molar-refractivity contribution in [3.8, 4) is 11.5 Å². The largest absolute Gasteiger partial charge is 0.452 e. The van der Waals surface area contributed by atoms with Crippen molar-refractivity contribution in [1.29, 1.82) is 0 Å². The van der Waals surface area contributed by atoms with Gasteiger partial charge in [-0.05, 0) is 24.3 Å². The van der Waals surface area contributed by atoms with Gasteiger partial charge in [-0.3, -0.25) is 0 Å². The number of rotatable bonds is 3. The van der Waals surface area contributed by atoms with E-state index < -0.39 is 27.4 Å². The maximum absolute atomic E-state index is 13.6. The first kappa shape index (κ1) is 15.7. The number of nitrogens with two attached hydrogens (primary N) is 2. The molecule has 0 heterocycles. The van der Waals surface area contributed by atoms with E-state index in [1.165, 1.54) is 24.3 Å². The van der Waals surface area contributed by atoms with Gasteiger partial charge in [0.15, 0.2) is 17.3 Å². The molecular weight excluding hydrogens is 370 g/mol. The van der Waals surface area contributed by atoms with Crippen LogP contribution in [-0.2, 0) is 10.0 Å². The molecule has 0 bridgehead atoms. The zero-order valence-corrected chi connectivity index (χ0v) is 12.7. The molecule has 0 radical (unpaired) electrons. The number of benzene rings is 2. The van der Waals surface area contributed by atoms with E-state index in [2.05, 4.69) is 15.9 Å². The summed E-state index contributed by atoms with van der Waals surface area (Å²) in [6.07, 6.45) is 0. The summed E-state index contributed by atoms with van der Waals surface area (Å²) in [5, 5.41) is 4.99. The van der Waals surface area contributed by atoms with E-state index >= 15 is 0 Å². The van der Waals surface area contributed by atoms with Gasteiger partial charge in [0.1, 0.15) is 4.90 Å². The maximum Gasteiger partial charge on any atom is 0.240 e. The second-order valence-electron chi connectivity index (χ2n) is 4.01. The molecule has 0 aromatic heterocycles. The Labute approximate surface area is 127 Å². The van der Waals surface area contributed by atoms with Gasteiger partial charge >= 0.3 is 0 Å². The highest BCUT2D eigenvalue weighted by Gasteiger charge is 2.18. The molecule has 9 heteroatoms. The van der Waals surface area contributed by atoms with Gasteiger partial charge in [-0.15, -0.1) is 0 Å². The van der Waals surface area contributed by atoms with Crippen LogP contribution in [0.5, 0.6) is 11.5 Å². The Hall–Kier alpha value is -1.71. The third kappa shape index (κ3) is 3.31. The number of hydrogen-bond acceptors (Lipinski definition) is 4. The number of halogens is 3. The lowest BCUT2D eigenvalue weighted by atomic mass is 10.3. The van der Waals surface area contributed by atoms with E-state index in [4.69, 9.17) is 15.6 Å². The number of anilines is 1. The van der Waals surface area contributed by atoms with Gasteiger partial charge in [-0.25, -0.2) is 17.9 Å². The van der Waals surface area contributed by atoms with Gasteiger partial charge < -0.3 is 10.5 Å². The number of nitrogen functional groups attached to an aromatic ring is 1. The molecule has 4 N–H and O–H groups in total. The van der Waals surface area contributed by atoms with E-state index in [1.54, 1.807) is 0 Å². The van der Waals surface area contributed by atoms with Crippen molar-refractivity contribution >= 4 is 31.6 Å². The predicted molar refractivity (Wildman–Crippen MR) is 76.4 cm³/mol. The molecule has 0 aliphatic heterocycles. The highest BCUT2D eigenvalue weighted by atomic mass is 79.9. The van der Waals surface area contributed by atoms with Crippen molar-refractivity contribution in [2.24, 2.45) is 5.14 Å². The third-order valence-corrected chi connectivity index (χ3v) is 3.94. The molecule has 0 aliphatic rings. The lowest BCUT2D eigenvalue weighted by Crippen LogP contribution is -2.14. The van der Waals surface area contributed by atoms with Crippen molar-refractivity contribution in [3.05, 3.63) is 46.4 Å². The second-order valence-corrected chi connectivity index (χ2v) is 6.46. The SMILES string of the molecule is Nc1c(Oc2cc(Br)cc(F)c2F)cccc1S(N)(=O)=O. The summed E-state index contributed by atoms with van der Waals surface area (Å²) in [5.41, 5.74) is 5.34. The number of ether oxygens (including phenoxy) is 1. The summed E-state index contributed by atoms with van der Waals surface area (Å²) in [6, 6.07) is 5.91. The van der Waals surface area contributed by atoms with E-state index in [0.717, 1.165) is 6.07 Å². The molecule has 0 saturated carbocycles. The van der Waals surface area contributed by atoms with Gasteiger partial charge in [0.05, 0.1) is 5.69 Å². The minimum atomic E-state index is -4.06. The summed E-state index contributed by atoms with van der Waals surface area (Å²) < 4.78 is 55.0. The van der Waals surface area contributed by atoms with Crippen LogP contribution in [0.2, 0.25) is 0 Å². The zero-order valence-electron chi connectivity index (χ0n) is 10.3. The van der Waals surface area contributed by atoms with E-state index in [9.17, 15) is 17.2 Å². The topological polar surface area (TPSA) is 95.4 Å². The summed E-state index contributed by atoms with van der Waals surface area (Å²) in [5.74, 6) is -2.95. The molecule has 21 heavy (non-hydrogen) atoms. The molecule has 0 fully saturated rings. The normalized spacial score (nSPS) is 11.4. The molecule has 2 aromatic carbocycles. The minimum Gasteiger partial charge on any atom is -0.452 e. The van der Waals surface area contributed by atoms with E-state index in [0.29, 0.717) is 0 Å². The van der Waals surface area contributed by atoms with E-state index in [-0.39, 0.29) is 20.8 Å². The summed E-state index contributed by atoms with van der Waals surface area (Å²) in [4.78, 5) is -0.365. The molecular formula is C12H9BrF2N2O3S. The predicted octanol–water partition coefficient (Wildman–Crippen LogP) is 2.75. The van der Waals surface area contributed by atoms with Crippen molar-refractivity contribution in [2.75, 3.05) is 5.73 Å². The molecule has 0 aliphatic carbocycles. The monoisotopic (exact) mass is 378 g/mol. The molecule has 0 saturated heterocycles. The molecule has 5 nitrogen and oxygen atoms in total. The zero-order chi connectivity index (χ0) is 15.8. The van der Waals surface area contributed by atoms with E-state index in [1.807, 2.05) is 0 Å². The van der Waals surface area contributed by atoms with Crippen LogP contribution in [0.4, 0.5) is 14.5 Å². The van der Waals surface area contributed by atoms with Crippen molar-refractivity contribution < 1.29 is 21.9 Å². The summed E-state index contributed by atoms with van der Waals surface area (Å²) in [7, 11) is -4.06. The number of primary sulfonamides is 1. The van der Waals surface area contributed by atoms with Crippen molar-refractivity contribution in [2.45, 2.75) is 4.90 Å². The second kappa shape index (κ2) is 5.58. The Balaban J connectivity index is 2.51. The van der Waals surface area contributed by atoms with Crippen LogP contribution < -0.4 is 15.6 Å². The Morgan fingerprint density at radius 1 is 1.14 bits per heavy atom. The highest BCUT2D eigenvalue weighted by molar-refractivity contribution is 9.10. The molecule has 0 amide bonds. The van der Waals surface area contributed by atoms with Crippen LogP contribution in [0.1, 0.15) is 0 Å². The fourth-order valence-electron chi connectivity index (χ4n) is 1.59. The maximum atomic E-state index is 13.6. The van der Waals surface area contributed by atoms with Gasteiger partial charge in [0.25, 0.3) is 0 Å². The Kier molecular flexibility index (Phi) is 4.17. The molecule has 0 spiro atoms. The molecule has 2 rings (SSSR count). The molecule has 2 aromatic rings. The van der Waals surface area contributed by atoms with Crippen molar-refractivity contribution in [3.63, 3.8) is 0 Å². The average Bonchev–Trinajstić information content (AvgIpc) is 2.36. The Bertz CT molecular complexity index is 812. The quantitative estimate of drug-likeness (QED) is 0.633. The first-order chi connectivity index (χ1) is 9.70. The minimum absolute atomic E-state index is 0.155. The first-order valence-corrected chi connectivity index (χ1v) is 7.78. The van der Waals surface area contributed by atoms with Crippen LogP contribution >= 0.6 is 15.9 Å². The number of hydrogen-bond donors (Lipinski definition) is 2.